The Morgan fingerprint density at radius 3 is 2.41 bits per heavy atom. The molecule has 2 unspecified atom stereocenters. The minimum atomic E-state index is -0.116. The molecule has 1 fully saturated rings. The third-order valence-corrected chi connectivity index (χ3v) is 4.75. The minimum Gasteiger partial charge on any atom is -0.303 e. The lowest BCUT2D eigenvalue weighted by Gasteiger charge is -2.38. The highest BCUT2D eigenvalue weighted by Gasteiger charge is 2.31. The number of aldehydes is 1. The lowest BCUT2D eigenvalue weighted by atomic mass is 9.81. The van der Waals surface area contributed by atoms with E-state index in [0.717, 1.165) is 25.3 Å². The molecule has 17 heavy (non-hydrogen) atoms. The van der Waals surface area contributed by atoms with Gasteiger partial charge in [0.15, 0.2) is 0 Å². The van der Waals surface area contributed by atoms with E-state index in [1.807, 2.05) is 0 Å². The van der Waals surface area contributed by atoms with Crippen LogP contribution in [0.25, 0.3) is 0 Å². The fraction of sp³-hybridized carbons (Fsp3) is 0.933. The van der Waals surface area contributed by atoms with Gasteiger partial charge in [0.1, 0.15) is 6.29 Å². The minimum absolute atomic E-state index is 0.116. The predicted molar refractivity (Wildman–Crippen MR) is 73.1 cm³/mol. The summed E-state index contributed by atoms with van der Waals surface area (Å²) in [7, 11) is 2.20. The lowest BCUT2D eigenvalue weighted by Crippen LogP contribution is -2.43. The molecule has 1 saturated carbocycles. The second kappa shape index (κ2) is 6.53. The normalized spacial score (nSPS) is 26.2. The molecular weight excluding hydrogens is 210 g/mol. The van der Waals surface area contributed by atoms with Gasteiger partial charge in [0.2, 0.25) is 0 Å². The smallest absolute Gasteiger partial charge is 0.127 e. The molecule has 0 aromatic heterocycles. The van der Waals surface area contributed by atoms with Crippen LogP contribution in [-0.2, 0) is 4.79 Å². The Morgan fingerprint density at radius 1 is 1.29 bits per heavy atom. The highest BCUT2D eigenvalue weighted by Crippen LogP contribution is 2.30. The third kappa shape index (κ3) is 3.80. The summed E-state index contributed by atoms with van der Waals surface area (Å²) in [5.41, 5.74) is -0.116. The predicted octanol–water partition coefficient (Wildman–Crippen LogP) is 3.50. The van der Waals surface area contributed by atoms with Gasteiger partial charge < -0.3 is 9.69 Å². The molecule has 100 valence electrons. The summed E-state index contributed by atoms with van der Waals surface area (Å²) in [4.78, 5) is 13.8. The van der Waals surface area contributed by atoms with Crippen LogP contribution in [0.3, 0.4) is 0 Å². The molecule has 0 aromatic rings. The van der Waals surface area contributed by atoms with Crippen molar-refractivity contribution in [3.63, 3.8) is 0 Å². The fourth-order valence-corrected chi connectivity index (χ4v) is 3.11. The van der Waals surface area contributed by atoms with Crippen molar-refractivity contribution in [2.45, 2.75) is 65.3 Å². The standard InChI is InChI=1S/C15H29NO/c1-5-15(6-2,12-17)11-16(4)14-9-7-8-13(3)10-14/h12-14H,5-11H2,1-4H3. The van der Waals surface area contributed by atoms with Crippen molar-refractivity contribution in [2.75, 3.05) is 13.6 Å². The quantitative estimate of drug-likeness (QED) is 0.661. The Morgan fingerprint density at radius 2 is 1.94 bits per heavy atom. The summed E-state index contributed by atoms with van der Waals surface area (Å²) < 4.78 is 0. The van der Waals surface area contributed by atoms with E-state index >= 15 is 0 Å². The van der Waals surface area contributed by atoms with Gasteiger partial charge in [0.05, 0.1) is 0 Å². The van der Waals surface area contributed by atoms with Crippen LogP contribution in [-0.4, -0.2) is 30.8 Å². The van der Waals surface area contributed by atoms with Gasteiger partial charge in [0.25, 0.3) is 0 Å². The Labute approximate surface area is 107 Å². The number of rotatable bonds is 6. The van der Waals surface area contributed by atoms with Crippen molar-refractivity contribution in [1.82, 2.24) is 4.90 Å². The summed E-state index contributed by atoms with van der Waals surface area (Å²) in [6.45, 7) is 7.55. The topological polar surface area (TPSA) is 20.3 Å². The summed E-state index contributed by atoms with van der Waals surface area (Å²) >= 11 is 0. The zero-order valence-electron chi connectivity index (χ0n) is 12.0. The molecule has 1 aliphatic rings. The second-order valence-electron chi connectivity index (χ2n) is 6.03. The number of carbonyl (C=O) groups is 1. The van der Waals surface area contributed by atoms with E-state index in [2.05, 4.69) is 32.7 Å². The number of carbonyl (C=O) groups excluding carboxylic acids is 1. The Balaban J connectivity index is 2.57. The monoisotopic (exact) mass is 239 g/mol. The largest absolute Gasteiger partial charge is 0.303 e. The first-order chi connectivity index (χ1) is 8.06. The third-order valence-electron chi connectivity index (χ3n) is 4.75. The number of nitrogens with zero attached hydrogens (tertiary/aromatic N) is 1. The van der Waals surface area contributed by atoms with Crippen molar-refractivity contribution < 1.29 is 4.79 Å². The molecule has 0 aromatic carbocycles. The molecule has 2 heteroatoms. The summed E-state index contributed by atoms with van der Waals surface area (Å²) in [6.07, 6.45) is 8.45. The van der Waals surface area contributed by atoms with Crippen molar-refractivity contribution in [3.05, 3.63) is 0 Å². The van der Waals surface area contributed by atoms with Crippen LogP contribution in [0.2, 0.25) is 0 Å². The molecule has 0 N–H and O–H groups in total. The van der Waals surface area contributed by atoms with Gasteiger partial charge in [-0.25, -0.2) is 0 Å². The number of hydrogen-bond acceptors (Lipinski definition) is 2. The van der Waals surface area contributed by atoms with Crippen molar-refractivity contribution in [2.24, 2.45) is 11.3 Å². The highest BCUT2D eigenvalue weighted by atomic mass is 16.1. The molecule has 0 heterocycles. The van der Waals surface area contributed by atoms with Gasteiger partial charge in [-0.05, 0) is 38.6 Å². The van der Waals surface area contributed by atoms with E-state index < -0.39 is 0 Å². The molecule has 0 amide bonds. The van der Waals surface area contributed by atoms with E-state index in [1.165, 1.54) is 32.0 Å². The number of hydrogen-bond donors (Lipinski definition) is 0. The van der Waals surface area contributed by atoms with Gasteiger partial charge >= 0.3 is 0 Å². The second-order valence-corrected chi connectivity index (χ2v) is 6.03. The average molecular weight is 239 g/mol. The van der Waals surface area contributed by atoms with Gasteiger partial charge in [-0.1, -0.05) is 33.6 Å². The molecule has 2 nitrogen and oxygen atoms in total. The van der Waals surface area contributed by atoms with Gasteiger partial charge in [-0.15, -0.1) is 0 Å². The van der Waals surface area contributed by atoms with Crippen molar-refractivity contribution in [1.29, 1.82) is 0 Å². The first-order valence-corrected chi connectivity index (χ1v) is 7.23. The summed E-state index contributed by atoms with van der Waals surface area (Å²) in [6, 6.07) is 0.691. The van der Waals surface area contributed by atoms with Crippen LogP contribution in [0.15, 0.2) is 0 Å². The first-order valence-electron chi connectivity index (χ1n) is 7.23. The van der Waals surface area contributed by atoms with E-state index in [0.29, 0.717) is 6.04 Å². The molecule has 0 bridgehead atoms. The van der Waals surface area contributed by atoms with Crippen LogP contribution in [0.5, 0.6) is 0 Å². The maximum Gasteiger partial charge on any atom is 0.127 e. The Hall–Kier alpha value is -0.370. The van der Waals surface area contributed by atoms with Crippen molar-refractivity contribution >= 4 is 6.29 Å². The van der Waals surface area contributed by atoms with Crippen LogP contribution in [0.1, 0.15) is 59.3 Å². The zero-order chi connectivity index (χ0) is 12.9. The van der Waals surface area contributed by atoms with E-state index in [4.69, 9.17) is 0 Å². The summed E-state index contributed by atoms with van der Waals surface area (Å²) in [5, 5.41) is 0. The maximum atomic E-state index is 11.3. The molecule has 0 spiro atoms. The highest BCUT2D eigenvalue weighted by molar-refractivity contribution is 5.59. The van der Waals surface area contributed by atoms with Gasteiger partial charge in [-0.2, -0.15) is 0 Å². The molecule has 0 radical (unpaired) electrons. The van der Waals surface area contributed by atoms with E-state index in [9.17, 15) is 4.79 Å². The average Bonchev–Trinajstić information content (AvgIpc) is 2.36. The summed E-state index contributed by atoms with van der Waals surface area (Å²) in [5.74, 6) is 0.852. The molecule has 1 rings (SSSR count). The van der Waals surface area contributed by atoms with Gasteiger partial charge in [0, 0.05) is 18.0 Å². The van der Waals surface area contributed by atoms with E-state index in [1.54, 1.807) is 0 Å². The van der Waals surface area contributed by atoms with E-state index in [-0.39, 0.29) is 5.41 Å². The SMILES string of the molecule is CCC(C=O)(CC)CN(C)C1CCCC(C)C1. The molecular formula is C15H29NO. The first kappa shape index (κ1) is 14.7. The fourth-order valence-electron chi connectivity index (χ4n) is 3.11. The lowest BCUT2D eigenvalue weighted by molar-refractivity contribution is -0.118. The van der Waals surface area contributed by atoms with Crippen LogP contribution >= 0.6 is 0 Å². The zero-order valence-corrected chi connectivity index (χ0v) is 12.0. The maximum absolute atomic E-state index is 11.3. The Bertz CT molecular complexity index is 235. The molecule has 0 aliphatic heterocycles. The Kier molecular flexibility index (Phi) is 5.64. The molecule has 0 saturated heterocycles. The van der Waals surface area contributed by atoms with Crippen molar-refractivity contribution in [3.8, 4) is 0 Å². The van der Waals surface area contributed by atoms with Crippen LogP contribution in [0, 0.1) is 11.3 Å². The molecule has 1 aliphatic carbocycles. The van der Waals surface area contributed by atoms with Gasteiger partial charge in [-0.3, -0.25) is 0 Å². The van der Waals surface area contributed by atoms with Crippen LogP contribution in [0.4, 0.5) is 0 Å². The molecule has 2 atom stereocenters. The van der Waals surface area contributed by atoms with Crippen LogP contribution < -0.4 is 0 Å².